The van der Waals surface area contributed by atoms with Crippen LogP contribution in [0.3, 0.4) is 0 Å². The van der Waals surface area contributed by atoms with Gasteiger partial charge in [-0.1, -0.05) is 63.8 Å². The topological polar surface area (TPSA) is 84.8 Å². The number of amides is 1. The van der Waals surface area contributed by atoms with Crippen LogP contribution in [0.1, 0.15) is 69.1 Å². The molecule has 222 valence electrons. The maximum atomic E-state index is 13.9. The molecular weight excluding hydrogens is 512 g/mol. The minimum atomic E-state index is -0.984. The van der Waals surface area contributed by atoms with Crippen LogP contribution in [-0.2, 0) is 24.2 Å². The number of aryl methyl sites for hydroxylation is 1. The summed E-state index contributed by atoms with van der Waals surface area (Å²) in [5, 5.41) is 27.2. The minimum Gasteiger partial charge on any atom is -0.396 e. The summed E-state index contributed by atoms with van der Waals surface area (Å²) in [6.07, 6.45) is 6.19. The minimum absolute atomic E-state index is 0.0210. The molecule has 0 saturated carbocycles. The number of likely N-dealkylation sites (tertiary alicyclic amines) is 1. The van der Waals surface area contributed by atoms with E-state index in [1.54, 1.807) is 0 Å². The Labute approximate surface area is 238 Å². The first-order valence-electron chi connectivity index (χ1n) is 14.9. The lowest BCUT2D eigenvalue weighted by Crippen LogP contribution is -2.53. The zero-order valence-corrected chi connectivity index (χ0v) is 24.0. The second-order valence-corrected chi connectivity index (χ2v) is 11.2. The van der Waals surface area contributed by atoms with Gasteiger partial charge in [0.15, 0.2) is 0 Å². The highest BCUT2D eigenvalue weighted by Gasteiger charge is 2.37. The summed E-state index contributed by atoms with van der Waals surface area (Å²) in [4.78, 5) is 15.7. The fraction of sp³-hybridized carbons (Fsp3) is 0.594. The van der Waals surface area contributed by atoms with Gasteiger partial charge < -0.3 is 20.8 Å². The summed E-state index contributed by atoms with van der Waals surface area (Å²) in [6.45, 7) is 6.47. The van der Waals surface area contributed by atoms with E-state index < -0.39 is 29.8 Å². The van der Waals surface area contributed by atoms with E-state index >= 15 is 0 Å². The van der Waals surface area contributed by atoms with E-state index in [1.807, 2.05) is 12.1 Å². The van der Waals surface area contributed by atoms with Gasteiger partial charge >= 0.3 is 0 Å². The highest BCUT2D eigenvalue weighted by atomic mass is 19.1. The smallest absolute Gasteiger partial charge is 0.237 e. The van der Waals surface area contributed by atoms with Crippen molar-refractivity contribution >= 4 is 5.91 Å². The molecule has 6 nitrogen and oxygen atoms in total. The lowest BCUT2D eigenvalue weighted by atomic mass is 9.99. The lowest BCUT2D eigenvalue weighted by Gasteiger charge is -2.29. The van der Waals surface area contributed by atoms with E-state index in [2.05, 4.69) is 41.5 Å². The van der Waals surface area contributed by atoms with E-state index in [1.165, 1.54) is 37.0 Å². The SMILES string of the molecule is CCCCCCCN1CC(CO)C[C@H]1C(=O)N[C@@H](Cc1cc(F)cc(F)c1)[C@H](O)CNCc1cccc(CC)c1. The Hall–Kier alpha value is -2.39. The first-order chi connectivity index (χ1) is 19.3. The van der Waals surface area contributed by atoms with E-state index in [9.17, 15) is 23.8 Å². The van der Waals surface area contributed by atoms with Crippen molar-refractivity contribution in [2.45, 2.75) is 89.9 Å². The Morgan fingerprint density at radius 2 is 1.75 bits per heavy atom. The zero-order chi connectivity index (χ0) is 28.9. The number of carbonyl (C=O) groups excluding carboxylic acids is 1. The van der Waals surface area contributed by atoms with Crippen molar-refractivity contribution in [2.75, 3.05) is 26.2 Å². The monoisotopic (exact) mass is 559 g/mol. The second-order valence-electron chi connectivity index (χ2n) is 11.2. The largest absolute Gasteiger partial charge is 0.396 e. The second kappa shape index (κ2) is 16.8. The first kappa shape index (κ1) is 32.1. The Kier molecular flexibility index (Phi) is 13.5. The Bertz CT molecular complexity index is 1030. The van der Waals surface area contributed by atoms with Gasteiger partial charge in [0.25, 0.3) is 0 Å². The Morgan fingerprint density at radius 1 is 1.02 bits per heavy atom. The van der Waals surface area contributed by atoms with Gasteiger partial charge in [0.1, 0.15) is 11.6 Å². The summed E-state index contributed by atoms with van der Waals surface area (Å²) in [6, 6.07) is 10.3. The molecule has 1 aliphatic heterocycles. The molecule has 1 amide bonds. The van der Waals surface area contributed by atoms with Crippen LogP contribution in [0, 0.1) is 17.6 Å². The summed E-state index contributed by atoms with van der Waals surface area (Å²) in [5.74, 6) is -1.59. The molecule has 1 fully saturated rings. The zero-order valence-electron chi connectivity index (χ0n) is 24.0. The van der Waals surface area contributed by atoms with Crippen LogP contribution in [0.15, 0.2) is 42.5 Å². The van der Waals surface area contributed by atoms with Crippen molar-refractivity contribution in [2.24, 2.45) is 5.92 Å². The van der Waals surface area contributed by atoms with Crippen LogP contribution in [0.2, 0.25) is 0 Å². The summed E-state index contributed by atoms with van der Waals surface area (Å²) in [7, 11) is 0. The van der Waals surface area contributed by atoms with Crippen LogP contribution in [0.5, 0.6) is 0 Å². The van der Waals surface area contributed by atoms with E-state index in [0.717, 1.165) is 37.4 Å². The van der Waals surface area contributed by atoms with Crippen LogP contribution in [0.4, 0.5) is 8.78 Å². The fourth-order valence-corrected chi connectivity index (χ4v) is 5.58. The molecule has 0 bridgehead atoms. The average Bonchev–Trinajstić information content (AvgIpc) is 3.35. The van der Waals surface area contributed by atoms with E-state index in [-0.39, 0.29) is 31.4 Å². The number of hydrogen-bond acceptors (Lipinski definition) is 5. The quantitative estimate of drug-likeness (QED) is 0.217. The van der Waals surface area contributed by atoms with E-state index in [0.29, 0.717) is 25.1 Å². The molecule has 4 atom stereocenters. The normalized spacial score (nSPS) is 19.1. The predicted octanol–water partition coefficient (Wildman–Crippen LogP) is 4.36. The van der Waals surface area contributed by atoms with Crippen molar-refractivity contribution in [3.8, 4) is 0 Å². The first-order valence-corrected chi connectivity index (χ1v) is 14.9. The van der Waals surface area contributed by atoms with Gasteiger partial charge in [0.2, 0.25) is 5.91 Å². The van der Waals surface area contributed by atoms with Crippen LogP contribution >= 0.6 is 0 Å². The highest BCUT2D eigenvalue weighted by molar-refractivity contribution is 5.82. The molecule has 0 radical (unpaired) electrons. The number of halogens is 2. The van der Waals surface area contributed by atoms with Gasteiger partial charge in [0, 0.05) is 32.3 Å². The number of unbranched alkanes of at least 4 members (excludes halogenated alkanes) is 4. The third-order valence-electron chi connectivity index (χ3n) is 7.85. The fourth-order valence-electron chi connectivity index (χ4n) is 5.58. The van der Waals surface area contributed by atoms with Crippen molar-refractivity contribution in [3.63, 3.8) is 0 Å². The summed E-state index contributed by atoms with van der Waals surface area (Å²) < 4.78 is 27.9. The average molecular weight is 560 g/mol. The Balaban J connectivity index is 1.67. The lowest BCUT2D eigenvalue weighted by molar-refractivity contribution is -0.127. The van der Waals surface area contributed by atoms with Crippen molar-refractivity contribution in [1.29, 1.82) is 0 Å². The molecule has 2 aromatic rings. The number of hydrogen-bond donors (Lipinski definition) is 4. The standard InChI is InChI=1S/C32H47F2N3O3/c1-3-5-6-7-8-12-37-21-26(22-38)17-30(37)32(40)36-29(16-25-14-27(33)18-28(34)15-25)31(39)20-35-19-24-11-9-10-23(4-2)13-24/h9-11,13-15,18,26,29-31,35,38-39H,3-8,12,16-17,19-22H2,1-2H3,(H,36,40)/t26?,29-,30-,31+/m0/s1. The number of aliphatic hydroxyl groups is 2. The third-order valence-corrected chi connectivity index (χ3v) is 7.85. The summed E-state index contributed by atoms with van der Waals surface area (Å²) >= 11 is 0. The van der Waals surface area contributed by atoms with Crippen LogP contribution in [-0.4, -0.2) is 65.4 Å². The molecule has 0 aromatic heterocycles. The number of carbonyl (C=O) groups is 1. The number of rotatable bonds is 17. The molecule has 0 spiro atoms. The number of benzene rings is 2. The maximum Gasteiger partial charge on any atom is 0.237 e. The molecule has 1 saturated heterocycles. The molecule has 0 aliphatic carbocycles. The number of nitrogens with one attached hydrogen (secondary N) is 2. The molecular formula is C32H47F2N3O3. The van der Waals surface area contributed by atoms with Crippen molar-refractivity contribution in [1.82, 2.24) is 15.5 Å². The van der Waals surface area contributed by atoms with Gasteiger partial charge in [-0.05, 0) is 67.0 Å². The van der Waals surface area contributed by atoms with Crippen molar-refractivity contribution < 1.29 is 23.8 Å². The molecule has 8 heteroatoms. The molecule has 40 heavy (non-hydrogen) atoms. The molecule has 3 rings (SSSR count). The summed E-state index contributed by atoms with van der Waals surface area (Å²) in [5.41, 5.74) is 2.69. The molecule has 1 heterocycles. The third kappa shape index (κ3) is 10.2. The van der Waals surface area contributed by atoms with Gasteiger partial charge in [-0.2, -0.15) is 0 Å². The van der Waals surface area contributed by atoms with Gasteiger partial charge in [-0.15, -0.1) is 0 Å². The van der Waals surface area contributed by atoms with Crippen LogP contribution < -0.4 is 10.6 Å². The molecule has 1 aliphatic rings. The molecule has 2 aromatic carbocycles. The van der Waals surface area contributed by atoms with Gasteiger partial charge in [-0.3, -0.25) is 9.69 Å². The predicted molar refractivity (Wildman–Crippen MR) is 155 cm³/mol. The Morgan fingerprint density at radius 3 is 2.45 bits per heavy atom. The van der Waals surface area contributed by atoms with Gasteiger partial charge in [0.05, 0.1) is 18.2 Å². The van der Waals surface area contributed by atoms with E-state index in [4.69, 9.17) is 0 Å². The molecule has 4 N–H and O–H groups in total. The number of nitrogens with zero attached hydrogens (tertiary/aromatic N) is 1. The number of aliphatic hydroxyl groups excluding tert-OH is 2. The van der Waals surface area contributed by atoms with Crippen molar-refractivity contribution in [3.05, 3.63) is 70.8 Å². The molecule has 1 unspecified atom stereocenters. The van der Waals surface area contributed by atoms with Crippen LogP contribution in [0.25, 0.3) is 0 Å². The highest BCUT2D eigenvalue weighted by Crippen LogP contribution is 2.24. The van der Waals surface area contributed by atoms with Gasteiger partial charge in [-0.25, -0.2) is 8.78 Å². The maximum absolute atomic E-state index is 13.9.